The maximum atomic E-state index is 12.0. The first-order chi connectivity index (χ1) is 6.64. The number of halogens is 3. The van der Waals surface area contributed by atoms with Crippen LogP contribution in [0.15, 0.2) is 0 Å². The zero-order valence-electron chi connectivity index (χ0n) is 10.1. The van der Waals surface area contributed by atoms with Crippen LogP contribution in [-0.4, -0.2) is 30.7 Å². The third-order valence-electron chi connectivity index (χ3n) is 2.34. The van der Waals surface area contributed by atoms with Crippen molar-refractivity contribution in [2.24, 2.45) is 5.41 Å². The zero-order chi connectivity index (χ0) is 12.1. The van der Waals surface area contributed by atoms with Gasteiger partial charge in [-0.2, -0.15) is 13.2 Å². The van der Waals surface area contributed by atoms with Gasteiger partial charge in [0.05, 0.1) is 6.42 Å². The molecule has 15 heavy (non-hydrogen) atoms. The second-order valence-electron chi connectivity index (χ2n) is 5.11. The molecular formula is C11H22F3N. The van der Waals surface area contributed by atoms with Gasteiger partial charge < -0.3 is 4.90 Å². The molecule has 0 unspecified atom stereocenters. The van der Waals surface area contributed by atoms with Gasteiger partial charge in [0.15, 0.2) is 0 Å². The minimum absolute atomic E-state index is 0.121. The van der Waals surface area contributed by atoms with Gasteiger partial charge in [-0.25, -0.2) is 0 Å². The minimum atomic E-state index is -4.03. The van der Waals surface area contributed by atoms with E-state index >= 15 is 0 Å². The standard InChI is InChI=1S/C11H22F3N/c1-5-15(8-6-10(2,3)4)9-7-11(12,13)14/h5-9H2,1-4H3. The molecule has 0 aliphatic heterocycles. The Morgan fingerprint density at radius 2 is 1.40 bits per heavy atom. The summed E-state index contributed by atoms with van der Waals surface area (Å²) in [5, 5.41) is 0. The van der Waals surface area contributed by atoms with Gasteiger partial charge in [-0.15, -0.1) is 0 Å². The van der Waals surface area contributed by atoms with Gasteiger partial charge in [0.1, 0.15) is 0 Å². The van der Waals surface area contributed by atoms with Gasteiger partial charge in [0.25, 0.3) is 0 Å². The molecule has 0 radical (unpaired) electrons. The smallest absolute Gasteiger partial charge is 0.303 e. The van der Waals surface area contributed by atoms with Gasteiger partial charge in [0.2, 0.25) is 0 Å². The molecule has 0 aromatic rings. The first kappa shape index (κ1) is 14.8. The number of nitrogens with zero attached hydrogens (tertiary/aromatic N) is 1. The molecule has 0 saturated heterocycles. The first-order valence-electron chi connectivity index (χ1n) is 5.43. The zero-order valence-corrected chi connectivity index (χ0v) is 10.1. The van der Waals surface area contributed by atoms with Crippen LogP contribution in [0.3, 0.4) is 0 Å². The Kier molecular flexibility index (Phi) is 5.63. The Morgan fingerprint density at radius 1 is 0.933 bits per heavy atom. The molecule has 0 aliphatic carbocycles. The van der Waals surface area contributed by atoms with Gasteiger partial charge >= 0.3 is 6.18 Å². The summed E-state index contributed by atoms with van der Waals surface area (Å²) in [6.45, 7) is 9.76. The van der Waals surface area contributed by atoms with Crippen molar-refractivity contribution in [3.63, 3.8) is 0 Å². The molecule has 0 aromatic heterocycles. The van der Waals surface area contributed by atoms with Gasteiger partial charge in [-0.05, 0) is 24.9 Å². The largest absolute Gasteiger partial charge is 0.390 e. The van der Waals surface area contributed by atoms with E-state index in [1.165, 1.54) is 0 Å². The second-order valence-corrected chi connectivity index (χ2v) is 5.11. The third-order valence-corrected chi connectivity index (χ3v) is 2.34. The van der Waals surface area contributed by atoms with Crippen LogP contribution in [0.5, 0.6) is 0 Å². The Labute approximate surface area is 90.6 Å². The van der Waals surface area contributed by atoms with Crippen molar-refractivity contribution in [2.75, 3.05) is 19.6 Å². The Bertz CT molecular complexity index is 152. The average Bonchev–Trinajstić information content (AvgIpc) is 2.00. The number of hydrogen-bond donors (Lipinski definition) is 0. The first-order valence-corrected chi connectivity index (χ1v) is 5.43. The molecule has 0 rings (SSSR count). The van der Waals surface area contributed by atoms with E-state index in [0.717, 1.165) is 13.0 Å². The molecule has 0 amide bonds. The van der Waals surface area contributed by atoms with Crippen molar-refractivity contribution in [2.45, 2.75) is 46.7 Å². The fourth-order valence-corrected chi connectivity index (χ4v) is 1.21. The summed E-state index contributed by atoms with van der Waals surface area (Å²) in [5.41, 5.74) is 0.186. The van der Waals surface area contributed by atoms with E-state index in [1.807, 2.05) is 11.8 Å². The second kappa shape index (κ2) is 5.73. The molecule has 0 atom stereocenters. The Hall–Kier alpha value is -0.250. The van der Waals surface area contributed by atoms with Crippen LogP contribution in [-0.2, 0) is 0 Å². The summed E-state index contributed by atoms with van der Waals surface area (Å²) >= 11 is 0. The van der Waals surface area contributed by atoms with Crippen LogP contribution in [0.1, 0.15) is 40.5 Å². The van der Waals surface area contributed by atoms with Crippen molar-refractivity contribution in [1.82, 2.24) is 4.90 Å². The van der Waals surface area contributed by atoms with E-state index in [-0.39, 0.29) is 12.0 Å². The minimum Gasteiger partial charge on any atom is -0.303 e. The summed E-state index contributed by atoms with van der Waals surface area (Å²) in [6.07, 6.45) is -3.81. The van der Waals surface area contributed by atoms with E-state index in [4.69, 9.17) is 0 Å². The van der Waals surface area contributed by atoms with Gasteiger partial charge in [-0.3, -0.25) is 0 Å². The summed E-state index contributed by atoms with van der Waals surface area (Å²) in [4.78, 5) is 1.86. The number of rotatable bonds is 5. The quantitative estimate of drug-likeness (QED) is 0.689. The van der Waals surface area contributed by atoms with Crippen LogP contribution in [0.2, 0.25) is 0 Å². The molecule has 4 heteroatoms. The fraction of sp³-hybridized carbons (Fsp3) is 1.00. The monoisotopic (exact) mass is 225 g/mol. The molecular weight excluding hydrogens is 203 g/mol. The predicted octanol–water partition coefficient (Wildman–Crippen LogP) is 3.70. The average molecular weight is 225 g/mol. The van der Waals surface area contributed by atoms with Crippen molar-refractivity contribution in [3.05, 3.63) is 0 Å². The lowest BCUT2D eigenvalue weighted by Crippen LogP contribution is -2.31. The van der Waals surface area contributed by atoms with E-state index in [2.05, 4.69) is 20.8 Å². The molecule has 1 nitrogen and oxygen atoms in total. The van der Waals surface area contributed by atoms with Crippen molar-refractivity contribution >= 4 is 0 Å². The molecule has 0 N–H and O–H groups in total. The van der Waals surface area contributed by atoms with Crippen LogP contribution in [0.4, 0.5) is 13.2 Å². The van der Waals surface area contributed by atoms with Gasteiger partial charge in [-0.1, -0.05) is 27.7 Å². The molecule has 0 aliphatic rings. The molecule has 0 spiro atoms. The molecule has 92 valence electrons. The maximum absolute atomic E-state index is 12.0. The van der Waals surface area contributed by atoms with E-state index in [9.17, 15) is 13.2 Å². The highest BCUT2D eigenvalue weighted by Gasteiger charge is 2.27. The van der Waals surface area contributed by atoms with Gasteiger partial charge in [0, 0.05) is 6.54 Å². The van der Waals surface area contributed by atoms with Crippen molar-refractivity contribution in [1.29, 1.82) is 0 Å². The molecule has 0 bridgehead atoms. The summed E-state index contributed by atoms with van der Waals surface area (Å²) in [5.74, 6) is 0. The Balaban J connectivity index is 3.84. The topological polar surface area (TPSA) is 3.24 Å². The lowest BCUT2D eigenvalue weighted by atomic mass is 9.92. The van der Waals surface area contributed by atoms with Crippen LogP contribution in [0.25, 0.3) is 0 Å². The summed E-state index contributed by atoms with van der Waals surface area (Å²) < 4.78 is 36.0. The highest BCUT2D eigenvalue weighted by atomic mass is 19.4. The Morgan fingerprint density at radius 3 is 1.73 bits per heavy atom. The molecule has 0 heterocycles. The lowest BCUT2D eigenvalue weighted by Gasteiger charge is -2.26. The maximum Gasteiger partial charge on any atom is 0.390 e. The normalized spacial score (nSPS) is 13.6. The number of alkyl halides is 3. The van der Waals surface area contributed by atoms with Crippen LogP contribution >= 0.6 is 0 Å². The lowest BCUT2D eigenvalue weighted by molar-refractivity contribution is -0.137. The van der Waals surface area contributed by atoms with E-state index in [1.54, 1.807) is 0 Å². The van der Waals surface area contributed by atoms with Crippen LogP contribution < -0.4 is 0 Å². The van der Waals surface area contributed by atoms with E-state index in [0.29, 0.717) is 6.54 Å². The highest BCUT2D eigenvalue weighted by molar-refractivity contribution is 4.66. The predicted molar refractivity (Wildman–Crippen MR) is 56.9 cm³/mol. The highest BCUT2D eigenvalue weighted by Crippen LogP contribution is 2.22. The SMILES string of the molecule is CCN(CCC(C)(C)C)CCC(F)(F)F. The van der Waals surface area contributed by atoms with Crippen molar-refractivity contribution < 1.29 is 13.2 Å². The van der Waals surface area contributed by atoms with E-state index < -0.39 is 12.6 Å². The molecule has 0 aromatic carbocycles. The van der Waals surface area contributed by atoms with Crippen molar-refractivity contribution in [3.8, 4) is 0 Å². The third kappa shape index (κ3) is 10.0. The fourth-order valence-electron chi connectivity index (χ4n) is 1.21. The molecule has 0 fully saturated rings. The number of hydrogen-bond acceptors (Lipinski definition) is 1. The molecule has 0 saturated carbocycles. The summed E-state index contributed by atoms with van der Waals surface area (Å²) in [6, 6.07) is 0. The summed E-state index contributed by atoms with van der Waals surface area (Å²) in [7, 11) is 0. The van der Waals surface area contributed by atoms with Crippen LogP contribution in [0, 0.1) is 5.41 Å².